The van der Waals surface area contributed by atoms with Gasteiger partial charge in [-0.1, -0.05) is 23.2 Å². The number of hydrogen-bond donors (Lipinski definition) is 0. The molecule has 0 spiro atoms. The van der Waals surface area contributed by atoms with Crippen LogP contribution in [-0.4, -0.2) is 23.7 Å². The van der Waals surface area contributed by atoms with Crippen molar-refractivity contribution in [2.75, 3.05) is 0 Å². The second kappa shape index (κ2) is 6.31. The standard InChI is InChI=1S/C13H8Cl2F6N2O2S/c1-5-11(26(24,25)13(19,20)21)6(2)23(22-5)10-8(14)3-7(4-9(10)15)12(16,17)18/h3-4H,1-2H3. The van der Waals surface area contributed by atoms with E-state index < -0.39 is 53.4 Å². The van der Waals surface area contributed by atoms with Crippen molar-refractivity contribution in [3.63, 3.8) is 0 Å². The number of aromatic nitrogens is 2. The van der Waals surface area contributed by atoms with Crippen molar-refractivity contribution in [2.45, 2.75) is 30.4 Å². The highest BCUT2D eigenvalue weighted by Crippen LogP contribution is 2.40. The van der Waals surface area contributed by atoms with Gasteiger partial charge in [-0.05, 0) is 26.0 Å². The van der Waals surface area contributed by atoms with Crippen LogP contribution in [0.1, 0.15) is 17.0 Å². The molecule has 4 nitrogen and oxygen atoms in total. The van der Waals surface area contributed by atoms with Crippen LogP contribution in [0.25, 0.3) is 5.69 Å². The van der Waals surface area contributed by atoms with E-state index in [0.29, 0.717) is 16.8 Å². The van der Waals surface area contributed by atoms with Crippen molar-refractivity contribution in [3.05, 3.63) is 39.1 Å². The maximum atomic E-state index is 12.8. The van der Waals surface area contributed by atoms with Gasteiger partial charge < -0.3 is 0 Å². The molecule has 1 aromatic carbocycles. The molecule has 0 unspecified atom stereocenters. The predicted octanol–water partition coefficient (Wildman–Crippen LogP) is 5.11. The lowest BCUT2D eigenvalue weighted by Crippen LogP contribution is -2.24. The summed E-state index contributed by atoms with van der Waals surface area (Å²) in [5.74, 6) is 0. The molecule has 0 fully saturated rings. The molecule has 26 heavy (non-hydrogen) atoms. The van der Waals surface area contributed by atoms with Gasteiger partial charge in [0.25, 0.3) is 9.84 Å². The van der Waals surface area contributed by atoms with Crippen LogP contribution in [0.15, 0.2) is 17.0 Å². The Balaban J connectivity index is 2.76. The van der Waals surface area contributed by atoms with E-state index in [1.807, 2.05) is 0 Å². The zero-order chi connectivity index (χ0) is 20.2. The number of alkyl halides is 6. The van der Waals surface area contributed by atoms with Crippen LogP contribution in [0.3, 0.4) is 0 Å². The first-order valence-corrected chi connectivity index (χ1v) is 8.77. The Hall–Kier alpha value is -1.46. The molecule has 0 radical (unpaired) electrons. The summed E-state index contributed by atoms with van der Waals surface area (Å²) in [7, 11) is -5.73. The largest absolute Gasteiger partial charge is 0.502 e. The minimum atomic E-state index is -5.73. The smallest absolute Gasteiger partial charge is 0.233 e. The maximum Gasteiger partial charge on any atom is 0.502 e. The fourth-order valence-electron chi connectivity index (χ4n) is 2.28. The van der Waals surface area contributed by atoms with Gasteiger partial charge in [0.15, 0.2) is 0 Å². The van der Waals surface area contributed by atoms with E-state index in [2.05, 4.69) is 5.10 Å². The Labute approximate surface area is 153 Å². The lowest BCUT2D eigenvalue weighted by Gasteiger charge is -2.14. The van der Waals surface area contributed by atoms with Gasteiger partial charge in [0.05, 0.1) is 27.0 Å². The first-order chi connectivity index (χ1) is 11.6. The molecule has 0 amide bonds. The summed E-state index contributed by atoms with van der Waals surface area (Å²) in [5.41, 5.74) is -8.13. The van der Waals surface area contributed by atoms with Crippen molar-refractivity contribution >= 4 is 33.0 Å². The van der Waals surface area contributed by atoms with Crippen molar-refractivity contribution in [2.24, 2.45) is 0 Å². The van der Waals surface area contributed by atoms with Crippen LogP contribution < -0.4 is 0 Å². The average molecular weight is 441 g/mol. The lowest BCUT2D eigenvalue weighted by atomic mass is 10.2. The molecule has 0 saturated heterocycles. The number of aryl methyl sites for hydroxylation is 1. The van der Waals surface area contributed by atoms with Crippen molar-refractivity contribution in [1.82, 2.24) is 9.78 Å². The maximum absolute atomic E-state index is 12.8. The summed E-state index contributed by atoms with van der Waals surface area (Å²) in [5, 5.41) is 2.53. The number of sulfone groups is 1. The van der Waals surface area contributed by atoms with E-state index in [1.165, 1.54) is 0 Å². The summed E-state index contributed by atoms with van der Waals surface area (Å²) in [6.45, 7) is 2.01. The first-order valence-electron chi connectivity index (χ1n) is 6.53. The molecule has 0 saturated carbocycles. The highest BCUT2D eigenvalue weighted by molar-refractivity contribution is 7.92. The molecule has 1 aromatic heterocycles. The normalized spacial score (nSPS) is 13.3. The molecule has 13 heteroatoms. The van der Waals surface area contributed by atoms with Crippen molar-refractivity contribution < 1.29 is 34.8 Å². The monoisotopic (exact) mass is 440 g/mol. The quantitative estimate of drug-likeness (QED) is 0.609. The van der Waals surface area contributed by atoms with Gasteiger partial charge in [0, 0.05) is 0 Å². The Bertz CT molecular complexity index is 957. The van der Waals surface area contributed by atoms with Crippen LogP contribution in [-0.2, 0) is 16.0 Å². The summed E-state index contributed by atoms with van der Waals surface area (Å²) >= 11 is 11.6. The van der Waals surface area contributed by atoms with Gasteiger partial charge in [-0.3, -0.25) is 0 Å². The van der Waals surface area contributed by atoms with Crippen LogP contribution in [0.5, 0.6) is 0 Å². The third kappa shape index (κ3) is 3.39. The van der Waals surface area contributed by atoms with Crippen LogP contribution in [0, 0.1) is 13.8 Å². The predicted molar refractivity (Wildman–Crippen MR) is 81.3 cm³/mol. The Morgan fingerprint density at radius 2 is 1.46 bits per heavy atom. The summed E-state index contributed by atoms with van der Waals surface area (Å²) in [6, 6.07) is 1.02. The minimum absolute atomic E-state index is 0.370. The van der Waals surface area contributed by atoms with Gasteiger partial charge in [0.2, 0.25) is 0 Å². The molecule has 2 aromatic rings. The molecule has 0 aliphatic carbocycles. The van der Waals surface area contributed by atoms with Gasteiger partial charge >= 0.3 is 11.7 Å². The van der Waals surface area contributed by atoms with E-state index in [1.54, 1.807) is 0 Å². The van der Waals surface area contributed by atoms with Gasteiger partial charge in [-0.25, -0.2) is 13.1 Å². The summed E-state index contributed by atoms with van der Waals surface area (Å²) in [6.07, 6.45) is -4.76. The SMILES string of the molecule is Cc1nn(-c2c(Cl)cc(C(F)(F)F)cc2Cl)c(C)c1S(=O)(=O)C(F)(F)F. The number of rotatable bonds is 2. The van der Waals surface area contributed by atoms with Crippen molar-refractivity contribution in [3.8, 4) is 5.69 Å². The fraction of sp³-hybridized carbons (Fsp3) is 0.308. The molecule has 0 bridgehead atoms. The number of hydrogen-bond acceptors (Lipinski definition) is 3. The first kappa shape index (κ1) is 20.8. The Morgan fingerprint density at radius 3 is 1.85 bits per heavy atom. The van der Waals surface area contributed by atoms with E-state index >= 15 is 0 Å². The average Bonchev–Trinajstić information content (AvgIpc) is 2.71. The van der Waals surface area contributed by atoms with Crippen LogP contribution in [0.4, 0.5) is 26.3 Å². The molecule has 0 aliphatic heterocycles. The van der Waals surface area contributed by atoms with Crippen LogP contribution >= 0.6 is 23.2 Å². The molecule has 0 atom stereocenters. The third-order valence-corrected chi connectivity index (χ3v) is 5.67. The van der Waals surface area contributed by atoms with Crippen molar-refractivity contribution in [1.29, 1.82) is 0 Å². The number of benzene rings is 1. The topological polar surface area (TPSA) is 52.0 Å². The Morgan fingerprint density at radius 1 is 1.00 bits per heavy atom. The van der Waals surface area contributed by atoms with E-state index in [0.717, 1.165) is 13.8 Å². The number of halogens is 8. The molecule has 0 aliphatic rings. The zero-order valence-electron chi connectivity index (χ0n) is 12.8. The van der Waals surface area contributed by atoms with E-state index in [4.69, 9.17) is 23.2 Å². The highest BCUT2D eigenvalue weighted by atomic mass is 35.5. The lowest BCUT2D eigenvalue weighted by molar-refractivity contribution is -0.137. The van der Waals surface area contributed by atoms with Gasteiger partial charge in [-0.15, -0.1) is 0 Å². The molecule has 144 valence electrons. The number of nitrogens with zero attached hydrogens (tertiary/aromatic N) is 2. The molecular weight excluding hydrogens is 433 g/mol. The second-order valence-corrected chi connectivity index (χ2v) is 7.84. The van der Waals surface area contributed by atoms with Crippen LogP contribution in [0.2, 0.25) is 10.0 Å². The molecular formula is C13H8Cl2F6N2O2S. The van der Waals surface area contributed by atoms with E-state index in [9.17, 15) is 34.8 Å². The van der Waals surface area contributed by atoms with Gasteiger partial charge in [0.1, 0.15) is 10.6 Å². The van der Waals surface area contributed by atoms with Gasteiger partial charge in [-0.2, -0.15) is 31.4 Å². The van der Waals surface area contributed by atoms with E-state index in [-0.39, 0.29) is 5.69 Å². The summed E-state index contributed by atoms with van der Waals surface area (Å²) < 4.78 is 101. The summed E-state index contributed by atoms with van der Waals surface area (Å²) in [4.78, 5) is -1.11. The third-order valence-electron chi connectivity index (χ3n) is 3.35. The second-order valence-electron chi connectivity index (χ2n) is 5.15. The molecule has 0 N–H and O–H groups in total. The molecule has 2 rings (SSSR count). The molecule has 1 heterocycles. The highest BCUT2D eigenvalue weighted by Gasteiger charge is 2.49. The minimum Gasteiger partial charge on any atom is -0.233 e. The Kier molecular flexibility index (Phi) is 5.06. The zero-order valence-corrected chi connectivity index (χ0v) is 15.1. The fourth-order valence-corrected chi connectivity index (χ4v) is 4.07.